The molecule has 27 heavy (non-hydrogen) atoms. The average molecular weight is 368 g/mol. The first-order valence-corrected chi connectivity index (χ1v) is 9.67. The molecule has 0 N–H and O–H groups in total. The Bertz CT molecular complexity index is 844. The number of likely N-dealkylation sites (tertiary alicyclic amines) is 1. The van der Waals surface area contributed by atoms with E-state index in [1.54, 1.807) is 0 Å². The Morgan fingerprint density at radius 3 is 2.89 bits per heavy atom. The third-order valence-electron chi connectivity index (χ3n) is 5.69. The molecule has 142 valence electrons. The van der Waals surface area contributed by atoms with Crippen LogP contribution in [0.5, 0.6) is 11.5 Å². The molecule has 1 aromatic heterocycles. The van der Waals surface area contributed by atoms with Crippen molar-refractivity contribution in [3.63, 3.8) is 0 Å². The summed E-state index contributed by atoms with van der Waals surface area (Å²) in [5.74, 6) is 1.62. The molecule has 2 aromatic rings. The first-order valence-electron chi connectivity index (χ1n) is 9.67. The number of hydrogen-bond acceptors (Lipinski definition) is 5. The quantitative estimate of drug-likeness (QED) is 0.824. The molecule has 1 atom stereocenters. The lowest BCUT2D eigenvalue weighted by Crippen LogP contribution is -2.45. The standard InChI is InChI=1S/C20H24N4O3/c25-20(10-15-3-4-18-19(9-15)27-14-26-18)23-12-16-5-6-21-24(16)17(13-23)11-22-7-1-2-8-22/h3-6,9,17H,1-2,7-8,10-14H2. The maximum absolute atomic E-state index is 13.0. The molecule has 0 saturated carbocycles. The van der Waals surface area contributed by atoms with E-state index in [-0.39, 0.29) is 18.7 Å². The van der Waals surface area contributed by atoms with Crippen molar-refractivity contribution in [2.45, 2.75) is 31.8 Å². The molecule has 1 saturated heterocycles. The summed E-state index contributed by atoms with van der Waals surface area (Å²) in [5, 5.41) is 4.52. The molecule has 1 unspecified atom stereocenters. The topological polar surface area (TPSA) is 59.8 Å². The van der Waals surface area contributed by atoms with Gasteiger partial charge < -0.3 is 19.3 Å². The molecule has 3 aliphatic rings. The summed E-state index contributed by atoms with van der Waals surface area (Å²) >= 11 is 0. The Morgan fingerprint density at radius 2 is 2.00 bits per heavy atom. The second kappa shape index (κ2) is 6.88. The summed E-state index contributed by atoms with van der Waals surface area (Å²) in [5.41, 5.74) is 2.07. The summed E-state index contributed by atoms with van der Waals surface area (Å²) in [6.07, 6.45) is 4.76. The first kappa shape index (κ1) is 16.6. The van der Waals surface area contributed by atoms with Gasteiger partial charge in [-0.15, -0.1) is 0 Å². The summed E-state index contributed by atoms with van der Waals surface area (Å²) < 4.78 is 12.9. The minimum atomic E-state index is 0.146. The number of nitrogens with zero attached hydrogens (tertiary/aromatic N) is 4. The molecule has 1 amide bonds. The number of ether oxygens (including phenoxy) is 2. The van der Waals surface area contributed by atoms with Crippen LogP contribution in [0, 0.1) is 0 Å². The maximum atomic E-state index is 13.0. The predicted octanol–water partition coefficient (Wildman–Crippen LogP) is 1.83. The van der Waals surface area contributed by atoms with Crippen molar-refractivity contribution in [3.8, 4) is 11.5 Å². The number of fused-ring (bicyclic) bond motifs is 2. The van der Waals surface area contributed by atoms with Crippen molar-refractivity contribution < 1.29 is 14.3 Å². The molecule has 0 aliphatic carbocycles. The van der Waals surface area contributed by atoms with Crippen LogP contribution in [0.4, 0.5) is 0 Å². The SMILES string of the molecule is O=C(Cc1ccc2c(c1)OCO2)N1Cc2ccnn2C(CN2CCCC2)C1. The molecule has 1 aromatic carbocycles. The predicted molar refractivity (Wildman–Crippen MR) is 98.6 cm³/mol. The highest BCUT2D eigenvalue weighted by Gasteiger charge is 2.30. The van der Waals surface area contributed by atoms with E-state index in [1.165, 1.54) is 12.8 Å². The number of carbonyl (C=O) groups is 1. The molecule has 0 spiro atoms. The number of rotatable bonds is 4. The highest BCUT2D eigenvalue weighted by Crippen LogP contribution is 2.33. The van der Waals surface area contributed by atoms with Gasteiger partial charge in [0.1, 0.15) is 0 Å². The van der Waals surface area contributed by atoms with E-state index in [0.29, 0.717) is 19.5 Å². The van der Waals surface area contributed by atoms with Gasteiger partial charge in [-0.1, -0.05) is 6.07 Å². The minimum absolute atomic E-state index is 0.146. The van der Waals surface area contributed by atoms with Crippen LogP contribution in [-0.2, 0) is 17.8 Å². The lowest BCUT2D eigenvalue weighted by molar-refractivity contribution is -0.132. The number of aromatic nitrogens is 2. The highest BCUT2D eigenvalue weighted by atomic mass is 16.7. The second-order valence-corrected chi connectivity index (χ2v) is 7.57. The van der Waals surface area contributed by atoms with Gasteiger partial charge in [0.15, 0.2) is 11.5 Å². The fourth-order valence-electron chi connectivity index (χ4n) is 4.31. The van der Waals surface area contributed by atoms with Crippen molar-refractivity contribution in [1.82, 2.24) is 19.6 Å². The van der Waals surface area contributed by atoms with E-state index in [1.807, 2.05) is 35.4 Å². The van der Waals surface area contributed by atoms with Crippen LogP contribution in [0.3, 0.4) is 0 Å². The molecule has 7 heteroatoms. The Kier molecular flexibility index (Phi) is 4.24. The van der Waals surface area contributed by atoms with Crippen LogP contribution in [0.15, 0.2) is 30.5 Å². The molecule has 1 fully saturated rings. The number of benzene rings is 1. The van der Waals surface area contributed by atoms with Gasteiger partial charge in [0.05, 0.1) is 24.7 Å². The van der Waals surface area contributed by atoms with Gasteiger partial charge in [-0.3, -0.25) is 9.48 Å². The van der Waals surface area contributed by atoms with E-state index in [2.05, 4.69) is 14.7 Å². The van der Waals surface area contributed by atoms with Crippen LogP contribution < -0.4 is 9.47 Å². The number of carbonyl (C=O) groups excluding carboxylic acids is 1. The zero-order valence-electron chi connectivity index (χ0n) is 15.3. The second-order valence-electron chi connectivity index (χ2n) is 7.57. The maximum Gasteiger partial charge on any atom is 0.231 e. The molecule has 0 bridgehead atoms. The van der Waals surface area contributed by atoms with Crippen molar-refractivity contribution >= 4 is 5.91 Å². The van der Waals surface area contributed by atoms with Crippen molar-refractivity contribution in [2.24, 2.45) is 0 Å². The Labute approximate surface area is 158 Å². The Hall–Kier alpha value is -2.54. The monoisotopic (exact) mass is 368 g/mol. The van der Waals surface area contributed by atoms with E-state index < -0.39 is 0 Å². The zero-order chi connectivity index (χ0) is 18.2. The molecule has 5 rings (SSSR count). The van der Waals surface area contributed by atoms with Gasteiger partial charge in [0, 0.05) is 19.3 Å². The molecular weight excluding hydrogens is 344 g/mol. The lowest BCUT2D eigenvalue weighted by atomic mass is 10.1. The molecular formula is C20H24N4O3. The third-order valence-corrected chi connectivity index (χ3v) is 5.69. The van der Waals surface area contributed by atoms with Gasteiger partial charge >= 0.3 is 0 Å². The molecule has 4 heterocycles. The fraction of sp³-hybridized carbons (Fsp3) is 0.500. The average Bonchev–Trinajstić information content (AvgIpc) is 3.42. The highest BCUT2D eigenvalue weighted by molar-refractivity contribution is 5.79. The van der Waals surface area contributed by atoms with E-state index in [9.17, 15) is 4.79 Å². The lowest BCUT2D eigenvalue weighted by Gasteiger charge is -2.35. The van der Waals surface area contributed by atoms with Crippen LogP contribution in [-0.4, -0.2) is 58.5 Å². The van der Waals surface area contributed by atoms with Crippen LogP contribution in [0.1, 0.15) is 30.1 Å². The first-order chi connectivity index (χ1) is 13.3. The smallest absolute Gasteiger partial charge is 0.231 e. The van der Waals surface area contributed by atoms with Gasteiger partial charge in [0.2, 0.25) is 12.7 Å². The van der Waals surface area contributed by atoms with Gasteiger partial charge in [-0.05, 0) is 49.7 Å². The zero-order valence-corrected chi connectivity index (χ0v) is 15.3. The largest absolute Gasteiger partial charge is 0.454 e. The van der Waals surface area contributed by atoms with E-state index in [4.69, 9.17) is 9.47 Å². The minimum Gasteiger partial charge on any atom is -0.454 e. The molecule has 7 nitrogen and oxygen atoms in total. The Balaban J connectivity index is 1.30. The van der Waals surface area contributed by atoms with Crippen molar-refractivity contribution in [3.05, 3.63) is 41.7 Å². The van der Waals surface area contributed by atoms with Gasteiger partial charge in [-0.25, -0.2) is 0 Å². The molecule has 3 aliphatic heterocycles. The fourth-order valence-corrected chi connectivity index (χ4v) is 4.31. The van der Waals surface area contributed by atoms with Crippen LogP contribution in [0.25, 0.3) is 0 Å². The van der Waals surface area contributed by atoms with Crippen molar-refractivity contribution in [1.29, 1.82) is 0 Å². The van der Waals surface area contributed by atoms with Gasteiger partial charge in [0.25, 0.3) is 0 Å². The van der Waals surface area contributed by atoms with Crippen LogP contribution >= 0.6 is 0 Å². The van der Waals surface area contributed by atoms with Crippen molar-refractivity contribution in [2.75, 3.05) is 33.0 Å². The normalized spacial score (nSPS) is 21.5. The third kappa shape index (κ3) is 3.27. The summed E-state index contributed by atoms with van der Waals surface area (Å²) in [6.45, 7) is 4.86. The molecule has 0 radical (unpaired) electrons. The van der Waals surface area contributed by atoms with E-state index >= 15 is 0 Å². The number of hydrogen-bond donors (Lipinski definition) is 0. The van der Waals surface area contributed by atoms with E-state index in [0.717, 1.165) is 42.4 Å². The van der Waals surface area contributed by atoms with Crippen LogP contribution in [0.2, 0.25) is 0 Å². The summed E-state index contributed by atoms with van der Waals surface area (Å²) in [7, 11) is 0. The van der Waals surface area contributed by atoms with Gasteiger partial charge in [-0.2, -0.15) is 5.10 Å². The number of amides is 1. The Morgan fingerprint density at radius 1 is 1.15 bits per heavy atom. The summed E-state index contributed by atoms with van der Waals surface area (Å²) in [6, 6.07) is 7.99. The summed E-state index contributed by atoms with van der Waals surface area (Å²) in [4.78, 5) is 17.5.